The first-order chi connectivity index (χ1) is 19.5. The predicted octanol–water partition coefficient (Wildman–Crippen LogP) is 7.61. The number of alkyl halides is 3. The normalized spacial score (nSPS) is 23.7. The number of amides is 1. The number of anilines is 1. The third-order valence-corrected chi connectivity index (χ3v) is 9.43. The van der Waals surface area contributed by atoms with Gasteiger partial charge in [-0.15, -0.1) is 0 Å². The van der Waals surface area contributed by atoms with Crippen LogP contribution in [0.5, 0.6) is 5.88 Å². The number of aryl methyl sites for hydroxylation is 2. The summed E-state index contributed by atoms with van der Waals surface area (Å²) in [7, 11) is 0. The van der Waals surface area contributed by atoms with E-state index in [1.807, 2.05) is 38.1 Å². The molecule has 1 unspecified atom stereocenters. The molecule has 0 radical (unpaired) electrons. The number of nitrogens with zero attached hydrogens (tertiary/aromatic N) is 3. The van der Waals surface area contributed by atoms with Crippen molar-refractivity contribution in [3.05, 3.63) is 65.2 Å². The van der Waals surface area contributed by atoms with Gasteiger partial charge in [0.05, 0.1) is 17.2 Å². The standard InChI is InChI=1S/C31H33F3N4O2S/c1-18-12-22(13-18)38-23(16-30(10-11-30)31(32,33)34)17-40-26-15-25(27-19(2)6-4-7-20(27)3)35-29(36-26)37-41-24-9-5-8-21(14-24)28(38)39/h4-9,14-15,18,22-23H,10-13,16-17H2,1-3H3,(H,35,36,37). The number of benzene rings is 2. The first-order valence-electron chi connectivity index (χ1n) is 14.0. The van der Waals surface area contributed by atoms with E-state index in [4.69, 9.17) is 9.72 Å². The van der Waals surface area contributed by atoms with Gasteiger partial charge in [-0.1, -0.05) is 31.2 Å². The van der Waals surface area contributed by atoms with E-state index in [-0.39, 0.29) is 43.7 Å². The van der Waals surface area contributed by atoms with Crippen molar-refractivity contribution in [2.75, 3.05) is 11.3 Å². The smallest absolute Gasteiger partial charge is 0.394 e. The molecule has 2 saturated carbocycles. The Balaban J connectivity index is 1.44. The SMILES string of the molecule is Cc1cccc(C)c1-c1cc2nc(n1)NSc1cccc(c1)C(=O)N(C1CC(C)C1)C(CC1(C(F)(F)F)CC1)CO2. The van der Waals surface area contributed by atoms with Crippen LogP contribution in [-0.4, -0.2) is 45.6 Å². The van der Waals surface area contributed by atoms with E-state index in [1.54, 1.807) is 29.2 Å². The summed E-state index contributed by atoms with van der Waals surface area (Å²) in [6, 6.07) is 14.0. The Morgan fingerprint density at radius 1 is 1.07 bits per heavy atom. The van der Waals surface area contributed by atoms with Gasteiger partial charge in [0.1, 0.15) is 6.61 Å². The van der Waals surface area contributed by atoms with Crippen molar-refractivity contribution in [1.29, 1.82) is 0 Å². The second-order valence-electron chi connectivity index (χ2n) is 11.8. The van der Waals surface area contributed by atoms with Gasteiger partial charge in [-0.3, -0.25) is 9.52 Å². The zero-order chi connectivity index (χ0) is 28.9. The fraction of sp³-hybridized carbons (Fsp3) is 0.452. The molecule has 0 saturated heterocycles. The summed E-state index contributed by atoms with van der Waals surface area (Å²) in [6.45, 7) is 6.02. The Bertz CT molecular complexity index is 1450. The van der Waals surface area contributed by atoms with E-state index in [0.717, 1.165) is 34.4 Å². The number of nitrogens with one attached hydrogen (secondary N) is 1. The van der Waals surface area contributed by atoms with Crippen molar-refractivity contribution < 1.29 is 22.7 Å². The summed E-state index contributed by atoms with van der Waals surface area (Å²) in [5.74, 6) is 0.718. The molecule has 216 valence electrons. The topological polar surface area (TPSA) is 67.4 Å². The van der Waals surface area contributed by atoms with Crippen LogP contribution in [0, 0.1) is 25.2 Å². The second-order valence-corrected chi connectivity index (χ2v) is 12.7. The van der Waals surface area contributed by atoms with Crippen molar-refractivity contribution in [2.45, 2.75) is 76.0 Å². The van der Waals surface area contributed by atoms with Gasteiger partial charge >= 0.3 is 6.18 Å². The molecule has 1 aromatic heterocycles. The van der Waals surface area contributed by atoms with Crippen molar-refractivity contribution in [3.63, 3.8) is 0 Å². The molecule has 2 aromatic carbocycles. The second kappa shape index (κ2) is 10.5. The summed E-state index contributed by atoms with van der Waals surface area (Å²) < 4.78 is 52.1. The van der Waals surface area contributed by atoms with Gasteiger partial charge in [0.15, 0.2) is 0 Å². The van der Waals surface area contributed by atoms with Crippen LogP contribution in [0.1, 0.15) is 60.5 Å². The maximum atomic E-state index is 14.2. The molecule has 6 rings (SSSR count). The molecule has 2 heterocycles. The fourth-order valence-electron chi connectivity index (χ4n) is 6.18. The minimum absolute atomic E-state index is 0.0699. The predicted molar refractivity (Wildman–Crippen MR) is 153 cm³/mol. The molecule has 2 aliphatic carbocycles. The number of carbonyl (C=O) groups excluding carboxylic acids is 1. The van der Waals surface area contributed by atoms with E-state index in [9.17, 15) is 18.0 Å². The number of fused-ring (bicyclic) bond motifs is 4. The van der Waals surface area contributed by atoms with Gasteiger partial charge in [-0.05, 0) is 93.1 Å². The molecular weight excluding hydrogens is 549 g/mol. The van der Waals surface area contributed by atoms with Crippen molar-refractivity contribution in [1.82, 2.24) is 14.9 Å². The van der Waals surface area contributed by atoms with E-state index >= 15 is 0 Å². The fourth-order valence-corrected chi connectivity index (χ4v) is 6.81. The van der Waals surface area contributed by atoms with E-state index in [1.165, 1.54) is 11.9 Å². The Labute approximate surface area is 242 Å². The largest absolute Gasteiger partial charge is 0.475 e. The van der Waals surface area contributed by atoms with Crippen molar-refractivity contribution in [3.8, 4) is 17.1 Å². The summed E-state index contributed by atoms with van der Waals surface area (Å²) in [5.41, 5.74) is 2.33. The summed E-state index contributed by atoms with van der Waals surface area (Å²) in [4.78, 5) is 25.8. The summed E-state index contributed by atoms with van der Waals surface area (Å²) in [6.07, 6.45) is -2.88. The van der Waals surface area contributed by atoms with E-state index < -0.39 is 17.6 Å². The lowest BCUT2D eigenvalue weighted by atomic mass is 9.79. The Morgan fingerprint density at radius 2 is 1.78 bits per heavy atom. The lowest BCUT2D eigenvalue weighted by Gasteiger charge is -2.46. The zero-order valence-corrected chi connectivity index (χ0v) is 24.1. The first kappa shape index (κ1) is 27.9. The minimum atomic E-state index is -4.34. The molecule has 4 bridgehead atoms. The molecular formula is C31H33F3N4O2S. The Morgan fingerprint density at radius 3 is 2.44 bits per heavy atom. The van der Waals surface area contributed by atoms with Crippen LogP contribution >= 0.6 is 11.9 Å². The molecule has 1 aliphatic heterocycles. The third kappa shape index (κ3) is 5.50. The minimum Gasteiger partial charge on any atom is -0.475 e. The monoisotopic (exact) mass is 582 g/mol. The highest BCUT2D eigenvalue weighted by Crippen LogP contribution is 2.61. The highest BCUT2D eigenvalue weighted by Gasteiger charge is 2.64. The van der Waals surface area contributed by atoms with Crippen LogP contribution in [0.3, 0.4) is 0 Å². The number of ether oxygens (including phenoxy) is 1. The van der Waals surface area contributed by atoms with Gasteiger partial charge in [0.25, 0.3) is 5.91 Å². The Hall–Kier alpha value is -3.27. The van der Waals surface area contributed by atoms with Gasteiger partial charge < -0.3 is 9.64 Å². The lowest BCUT2D eigenvalue weighted by Crippen LogP contribution is -2.55. The van der Waals surface area contributed by atoms with Crippen molar-refractivity contribution in [2.24, 2.45) is 11.3 Å². The molecule has 10 heteroatoms. The van der Waals surface area contributed by atoms with Gasteiger partial charge in [-0.2, -0.15) is 18.2 Å². The van der Waals surface area contributed by atoms with E-state index in [2.05, 4.69) is 16.6 Å². The molecule has 1 amide bonds. The van der Waals surface area contributed by atoms with Crippen LogP contribution in [0.15, 0.2) is 53.4 Å². The van der Waals surface area contributed by atoms with Crippen LogP contribution < -0.4 is 9.46 Å². The third-order valence-electron chi connectivity index (χ3n) is 8.66. The van der Waals surface area contributed by atoms with Gasteiger partial charge in [-0.25, -0.2) is 4.98 Å². The van der Waals surface area contributed by atoms with Gasteiger partial charge in [0, 0.05) is 28.1 Å². The number of halogens is 3. The average molecular weight is 583 g/mol. The quantitative estimate of drug-likeness (QED) is 0.320. The molecule has 3 aromatic rings. The molecule has 6 nitrogen and oxygen atoms in total. The number of aromatic nitrogens is 2. The number of hydrogen-bond donors (Lipinski definition) is 1. The molecule has 2 fully saturated rings. The average Bonchev–Trinajstić information content (AvgIpc) is 3.70. The van der Waals surface area contributed by atoms with E-state index in [0.29, 0.717) is 23.1 Å². The van der Waals surface area contributed by atoms with Crippen LogP contribution in [0.25, 0.3) is 11.3 Å². The van der Waals surface area contributed by atoms with Crippen LogP contribution in [0.4, 0.5) is 19.1 Å². The highest BCUT2D eigenvalue weighted by atomic mass is 32.2. The summed E-state index contributed by atoms with van der Waals surface area (Å²) >= 11 is 1.27. The Kier molecular flexibility index (Phi) is 7.16. The summed E-state index contributed by atoms with van der Waals surface area (Å²) in [5, 5.41) is 0. The maximum absolute atomic E-state index is 14.2. The number of rotatable bonds is 4. The van der Waals surface area contributed by atoms with Crippen LogP contribution in [-0.2, 0) is 0 Å². The first-order valence-corrected chi connectivity index (χ1v) is 14.9. The lowest BCUT2D eigenvalue weighted by molar-refractivity contribution is -0.193. The molecule has 0 spiro atoms. The molecule has 1 N–H and O–H groups in total. The zero-order valence-electron chi connectivity index (χ0n) is 23.3. The van der Waals surface area contributed by atoms with Gasteiger partial charge in [0.2, 0.25) is 11.8 Å². The van der Waals surface area contributed by atoms with Crippen LogP contribution in [0.2, 0.25) is 0 Å². The highest BCUT2D eigenvalue weighted by molar-refractivity contribution is 8.00. The molecule has 3 aliphatic rings. The molecule has 1 atom stereocenters. The maximum Gasteiger partial charge on any atom is 0.394 e. The molecule has 41 heavy (non-hydrogen) atoms. The number of carbonyl (C=O) groups is 1. The van der Waals surface area contributed by atoms with Crippen molar-refractivity contribution >= 4 is 23.8 Å². The number of hydrogen-bond acceptors (Lipinski definition) is 6.